The first kappa shape index (κ1) is 19.2. The van der Waals surface area contributed by atoms with Crippen LogP contribution >= 0.6 is 11.8 Å². The highest BCUT2D eigenvalue weighted by atomic mass is 32.2. The zero-order valence-corrected chi connectivity index (χ0v) is 17.0. The van der Waals surface area contributed by atoms with Crippen molar-refractivity contribution in [1.29, 1.82) is 0 Å². The average molecular weight is 381 g/mol. The number of Topliss-reactive ketones (excluding diaryl/α,β-unsaturated/α-hetero) is 1. The fourth-order valence-electron chi connectivity index (χ4n) is 3.20. The molecule has 0 radical (unpaired) electrons. The molecule has 0 bridgehead atoms. The molecule has 27 heavy (non-hydrogen) atoms. The van der Waals surface area contributed by atoms with Crippen LogP contribution in [0.3, 0.4) is 0 Å². The molecule has 1 aromatic carbocycles. The Morgan fingerprint density at radius 1 is 1.19 bits per heavy atom. The number of aromatic nitrogens is 4. The van der Waals surface area contributed by atoms with Gasteiger partial charge in [0.1, 0.15) is 5.82 Å². The summed E-state index contributed by atoms with van der Waals surface area (Å²) in [6, 6.07) is 10.1. The first-order chi connectivity index (χ1) is 12.9. The second-order valence-corrected chi connectivity index (χ2v) is 7.54. The van der Waals surface area contributed by atoms with Crippen molar-refractivity contribution < 1.29 is 4.79 Å². The minimum Gasteiger partial charge on any atom is -0.345 e. The molecule has 2 aromatic heterocycles. The lowest BCUT2D eigenvalue weighted by atomic mass is 10.2. The van der Waals surface area contributed by atoms with Crippen LogP contribution in [0.25, 0.3) is 5.69 Å². The lowest BCUT2D eigenvalue weighted by molar-refractivity contribution is 0.102. The monoisotopic (exact) mass is 380 g/mol. The van der Waals surface area contributed by atoms with Gasteiger partial charge in [0.2, 0.25) is 0 Å². The molecule has 140 valence electrons. The standard InChI is InChI=1S/C21H24N4OS/c1-6-10-24-15(3)12-19(16(24)4)20(26)13-27-21-23-22-17(5)25(21)18-9-7-8-14(2)11-18/h6-9,11-12H,1,10,13H2,2-5H3. The number of nitrogens with zero attached hydrogens (tertiary/aromatic N) is 4. The minimum absolute atomic E-state index is 0.0971. The highest BCUT2D eigenvalue weighted by Crippen LogP contribution is 2.24. The van der Waals surface area contributed by atoms with E-state index in [1.54, 1.807) is 0 Å². The number of allylic oxidation sites excluding steroid dienone is 1. The topological polar surface area (TPSA) is 52.7 Å². The zero-order chi connectivity index (χ0) is 19.6. The van der Waals surface area contributed by atoms with Crippen molar-refractivity contribution in [2.45, 2.75) is 39.4 Å². The summed E-state index contributed by atoms with van der Waals surface area (Å²) in [7, 11) is 0. The summed E-state index contributed by atoms with van der Waals surface area (Å²) in [6.07, 6.45) is 1.84. The van der Waals surface area contributed by atoms with E-state index in [2.05, 4.69) is 40.4 Å². The lowest BCUT2D eigenvalue weighted by Crippen LogP contribution is -2.07. The second-order valence-electron chi connectivity index (χ2n) is 6.60. The number of hydrogen-bond donors (Lipinski definition) is 0. The molecule has 0 fully saturated rings. The first-order valence-corrected chi connectivity index (χ1v) is 9.83. The van der Waals surface area contributed by atoms with Gasteiger partial charge in [0.05, 0.1) is 5.75 Å². The van der Waals surface area contributed by atoms with E-state index < -0.39 is 0 Å². The zero-order valence-electron chi connectivity index (χ0n) is 16.2. The van der Waals surface area contributed by atoms with Crippen molar-refractivity contribution in [1.82, 2.24) is 19.3 Å². The Morgan fingerprint density at radius 2 is 1.96 bits per heavy atom. The Labute approximate surface area is 164 Å². The third-order valence-electron chi connectivity index (χ3n) is 4.57. The van der Waals surface area contributed by atoms with Gasteiger partial charge < -0.3 is 4.57 Å². The van der Waals surface area contributed by atoms with Crippen molar-refractivity contribution in [2.24, 2.45) is 0 Å². The number of ketones is 1. The summed E-state index contributed by atoms with van der Waals surface area (Å²) >= 11 is 1.42. The molecule has 0 saturated heterocycles. The van der Waals surface area contributed by atoms with Gasteiger partial charge in [-0.25, -0.2) is 0 Å². The van der Waals surface area contributed by atoms with E-state index in [0.29, 0.717) is 12.3 Å². The number of aryl methyl sites for hydroxylation is 3. The van der Waals surface area contributed by atoms with Gasteiger partial charge in [0, 0.05) is 29.2 Å². The molecule has 0 aliphatic heterocycles. The Morgan fingerprint density at radius 3 is 2.67 bits per heavy atom. The van der Waals surface area contributed by atoms with Crippen LogP contribution in [-0.4, -0.2) is 30.9 Å². The molecule has 0 N–H and O–H groups in total. The van der Waals surface area contributed by atoms with E-state index in [0.717, 1.165) is 33.6 Å². The van der Waals surface area contributed by atoms with Crippen molar-refractivity contribution in [3.05, 3.63) is 71.3 Å². The Kier molecular flexibility index (Phi) is 5.65. The maximum atomic E-state index is 12.8. The van der Waals surface area contributed by atoms with Gasteiger partial charge in [-0.05, 0) is 51.5 Å². The molecule has 0 saturated carbocycles. The third-order valence-corrected chi connectivity index (χ3v) is 5.50. The molecule has 0 unspecified atom stereocenters. The predicted molar refractivity (Wildman–Crippen MR) is 110 cm³/mol. The van der Waals surface area contributed by atoms with Crippen LogP contribution in [0, 0.1) is 27.7 Å². The molecule has 3 aromatic rings. The molecule has 5 nitrogen and oxygen atoms in total. The number of thioether (sulfide) groups is 1. The first-order valence-electron chi connectivity index (χ1n) is 8.85. The molecule has 6 heteroatoms. The third kappa shape index (κ3) is 3.90. The smallest absolute Gasteiger partial charge is 0.196 e. The van der Waals surface area contributed by atoms with Crippen LogP contribution in [0.15, 0.2) is 48.1 Å². The van der Waals surface area contributed by atoms with Crippen molar-refractivity contribution in [3.8, 4) is 5.69 Å². The second kappa shape index (κ2) is 7.96. The molecule has 3 rings (SSSR count). The lowest BCUT2D eigenvalue weighted by Gasteiger charge is -2.09. The van der Waals surface area contributed by atoms with Crippen LogP contribution in [-0.2, 0) is 6.54 Å². The van der Waals surface area contributed by atoms with E-state index in [9.17, 15) is 4.79 Å². The number of rotatable bonds is 7. The minimum atomic E-state index is 0.0971. The molecule has 2 heterocycles. The van der Waals surface area contributed by atoms with Gasteiger partial charge >= 0.3 is 0 Å². The SMILES string of the molecule is C=CCn1c(C)cc(C(=O)CSc2nnc(C)n2-c2cccc(C)c2)c1C. The summed E-state index contributed by atoms with van der Waals surface area (Å²) in [5.74, 6) is 1.22. The number of carbonyl (C=O) groups is 1. The maximum Gasteiger partial charge on any atom is 0.196 e. The molecule has 0 spiro atoms. The van der Waals surface area contributed by atoms with E-state index in [4.69, 9.17) is 0 Å². The van der Waals surface area contributed by atoms with Gasteiger partial charge in [-0.3, -0.25) is 9.36 Å². The number of carbonyl (C=O) groups excluding carboxylic acids is 1. The van der Waals surface area contributed by atoms with Gasteiger partial charge in [0.25, 0.3) is 0 Å². The molecule has 0 aliphatic rings. The predicted octanol–water partition coefficient (Wildman–Crippen LogP) is 4.46. The fraction of sp³-hybridized carbons (Fsp3) is 0.286. The number of hydrogen-bond acceptors (Lipinski definition) is 4. The Hall–Kier alpha value is -2.60. The van der Waals surface area contributed by atoms with Crippen LogP contribution in [0.5, 0.6) is 0 Å². The van der Waals surface area contributed by atoms with Crippen molar-refractivity contribution in [2.75, 3.05) is 5.75 Å². The molecule has 0 aliphatic carbocycles. The molecular weight excluding hydrogens is 356 g/mol. The molecular formula is C21H24N4OS. The van der Waals surface area contributed by atoms with E-state index in [1.807, 2.05) is 49.6 Å². The number of benzene rings is 1. The van der Waals surface area contributed by atoms with Crippen molar-refractivity contribution in [3.63, 3.8) is 0 Å². The highest BCUT2D eigenvalue weighted by molar-refractivity contribution is 7.99. The largest absolute Gasteiger partial charge is 0.345 e. The summed E-state index contributed by atoms with van der Waals surface area (Å²) in [5.41, 5.74) is 4.99. The summed E-state index contributed by atoms with van der Waals surface area (Å²) in [4.78, 5) is 12.8. The van der Waals surface area contributed by atoms with Crippen LogP contribution in [0.2, 0.25) is 0 Å². The Bertz CT molecular complexity index is 1000. The van der Waals surface area contributed by atoms with Crippen molar-refractivity contribution >= 4 is 17.5 Å². The van der Waals surface area contributed by atoms with Crippen LogP contribution < -0.4 is 0 Å². The fourth-order valence-corrected chi connectivity index (χ4v) is 4.08. The van der Waals surface area contributed by atoms with Crippen LogP contribution in [0.4, 0.5) is 0 Å². The highest BCUT2D eigenvalue weighted by Gasteiger charge is 2.18. The summed E-state index contributed by atoms with van der Waals surface area (Å²) < 4.78 is 4.09. The van der Waals surface area contributed by atoms with E-state index >= 15 is 0 Å². The summed E-state index contributed by atoms with van der Waals surface area (Å²) in [5, 5.41) is 9.19. The molecule has 0 atom stereocenters. The van der Waals surface area contributed by atoms with Gasteiger partial charge in [-0.2, -0.15) is 0 Å². The maximum absolute atomic E-state index is 12.8. The summed E-state index contributed by atoms with van der Waals surface area (Å²) in [6.45, 7) is 12.5. The van der Waals surface area contributed by atoms with Crippen LogP contribution in [0.1, 0.15) is 33.1 Å². The van der Waals surface area contributed by atoms with Gasteiger partial charge in [-0.1, -0.05) is 30.0 Å². The quantitative estimate of drug-likeness (QED) is 0.345. The van der Waals surface area contributed by atoms with E-state index in [1.165, 1.54) is 17.3 Å². The average Bonchev–Trinajstić information content (AvgIpc) is 3.14. The molecule has 0 amide bonds. The Balaban J connectivity index is 1.81. The van der Waals surface area contributed by atoms with E-state index in [-0.39, 0.29) is 5.78 Å². The normalized spacial score (nSPS) is 11.0. The van der Waals surface area contributed by atoms with Gasteiger partial charge in [-0.15, -0.1) is 16.8 Å². The van der Waals surface area contributed by atoms with Gasteiger partial charge in [0.15, 0.2) is 10.9 Å².